The summed E-state index contributed by atoms with van der Waals surface area (Å²) in [5, 5.41) is 14.7. The van der Waals surface area contributed by atoms with Gasteiger partial charge in [-0.2, -0.15) is 0 Å². The van der Waals surface area contributed by atoms with Gasteiger partial charge in [-0.15, -0.1) is 0 Å². The Labute approximate surface area is 132 Å². The molecule has 1 rings (SSSR count). The normalized spacial score (nSPS) is 11.4. The molecule has 2 amide bonds. The number of esters is 1. The highest BCUT2D eigenvalue weighted by Crippen LogP contribution is 2.22. The number of ether oxygens (including phenoxy) is 1. The highest BCUT2D eigenvalue weighted by atomic mass is 35.5. The van der Waals surface area contributed by atoms with Crippen LogP contribution in [0.25, 0.3) is 0 Å². The van der Waals surface area contributed by atoms with Crippen LogP contribution in [0.2, 0.25) is 5.02 Å². The standard InChI is InChI=1S/C14H17ClN2O5/c1-3-16-13(20)8(2)17-12(19)7-22-14(21)10-6-9(15)4-5-11(10)18/h4-6,8,18H,3,7H2,1-2H3,(H,16,20)(H,17,19)/t8-/m1/s1. The molecule has 0 aliphatic rings. The van der Waals surface area contributed by atoms with E-state index in [1.807, 2.05) is 0 Å². The SMILES string of the molecule is CCNC(=O)[C@@H](C)NC(=O)COC(=O)c1cc(Cl)ccc1O. The number of phenols is 1. The van der Waals surface area contributed by atoms with Crippen molar-refractivity contribution in [3.63, 3.8) is 0 Å². The summed E-state index contributed by atoms with van der Waals surface area (Å²) in [7, 11) is 0. The minimum Gasteiger partial charge on any atom is -0.507 e. The number of carbonyl (C=O) groups is 3. The fourth-order valence-corrected chi connectivity index (χ4v) is 1.73. The molecule has 0 aliphatic heterocycles. The molecule has 0 radical (unpaired) electrons. The molecule has 0 bridgehead atoms. The van der Waals surface area contributed by atoms with Crippen LogP contribution in [0.5, 0.6) is 5.75 Å². The molecule has 0 heterocycles. The number of likely N-dealkylation sites (N-methyl/N-ethyl adjacent to an activating group) is 1. The number of carbonyl (C=O) groups excluding carboxylic acids is 3. The smallest absolute Gasteiger partial charge is 0.342 e. The van der Waals surface area contributed by atoms with Crippen LogP contribution in [0.3, 0.4) is 0 Å². The van der Waals surface area contributed by atoms with Gasteiger partial charge in [0.1, 0.15) is 17.4 Å². The van der Waals surface area contributed by atoms with E-state index < -0.39 is 24.5 Å². The summed E-state index contributed by atoms with van der Waals surface area (Å²) in [5.74, 6) is -2.16. The van der Waals surface area contributed by atoms with Crippen LogP contribution in [-0.2, 0) is 14.3 Å². The van der Waals surface area contributed by atoms with E-state index in [4.69, 9.17) is 16.3 Å². The number of rotatable bonds is 6. The number of hydrogen-bond acceptors (Lipinski definition) is 5. The Morgan fingerprint density at radius 3 is 2.68 bits per heavy atom. The maximum atomic E-state index is 11.7. The maximum absolute atomic E-state index is 11.7. The van der Waals surface area contributed by atoms with Crippen molar-refractivity contribution in [3.05, 3.63) is 28.8 Å². The minimum absolute atomic E-state index is 0.142. The molecule has 0 saturated carbocycles. The lowest BCUT2D eigenvalue weighted by molar-refractivity contribution is -0.130. The predicted molar refractivity (Wildman–Crippen MR) is 79.7 cm³/mol. The van der Waals surface area contributed by atoms with Crippen molar-refractivity contribution >= 4 is 29.4 Å². The molecule has 0 saturated heterocycles. The van der Waals surface area contributed by atoms with Crippen LogP contribution in [0.15, 0.2) is 18.2 Å². The highest BCUT2D eigenvalue weighted by Gasteiger charge is 2.18. The number of nitrogens with one attached hydrogen (secondary N) is 2. The van der Waals surface area contributed by atoms with E-state index in [1.165, 1.54) is 25.1 Å². The molecule has 0 aliphatic carbocycles. The Morgan fingerprint density at radius 1 is 1.36 bits per heavy atom. The molecule has 120 valence electrons. The summed E-state index contributed by atoms with van der Waals surface area (Å²) < 4.78 is 4.76. The lowest BCUT2D eigenvalue weighted by Gasteiger charge is -2.13. The van der Waals surface area contributed by atoms with Crippen molar-refractivity contribution in [3.8, 4) is 5.75 Å². The summed E-state index contributed by atoms with van der Waals surface area (Å²) in [6.45, 7) is 3.13. The molecule has 0 unspecified atom stereocenters. The van der Waals surface area contributed by atoms with Gasteiger partial charge in [0.15, 0.2) is 6.61 Å². The summed E-state index contributed by atoms with van der Waals surface area (Å²) in [5.41, 5.74) is -0.142. The zero-order valence-corrected chi connectivity index (χ0v) is 12.9. The quantitative estimate of drug-likeness (QED) is 0.671. The van der Waals surface area contributed by atoms with Gasteiger partial charge in [-0.25, -0.2) is 4.79 Å². The molecule has 3 N–H and O–H groups in total. The number of aromatic hydroxyl groups is 1. The Balaban J connectivity index is 2.52. The zero-order chi connectivity index (χ0) is 16.7. The number of halogens is 1. The van der Waals surface area contributed by atoms with Gasteiger partial charge in [0.25, 0.3) is 5.91 Å². The van der Waals surface area contributed by atoms with Gasteiger partial charge in [0, 0.05) is 11.6 Å². The van der Waals surface area contributed by atoms with Crippen LogP contribution in [0, 0.1) is 0 Å². The van der Waals surface area contributed by atoms with Gasteiger partial charge in [-0.05, 0) is 32.0 Å². The Morgan fingerprint density at radius 2 is 2.05 bits per heavy atom. The summed E-state index contributed by atoms with van der Waals surface area (Å²) in [4.78, 5) is 34.8. The van der Waals surface area contributed by atoms with Crippen molar-refractivity contribution in [2.75, 3.05) is 13.2 Å². The second-order valence-corrected chi connectivity index (χ2v) is 4.86. The average Bonchev–Trinajstić information content (AvgIpc) is 2.47. The van der Waals surface area contributed by atoms with Crippen LogP contribution in [0.1, 0.15) is 24.2 Å². The second-order valence-electron chi connectivity index (χ2n) is 4.42. The largest absolute Gasteiger partial charge is 0.507 e. The summed E-state index contributed by atoms with van der Waals surface area (Å²) >= 11 is 5.71. The summed E-state index contributed by atoms with van der Waals surface area (Å²) in [6.07, 6.45) is 0. The van der Waals surface area contributed by atoms with Gasteiger partial charge in [0.05, 0.1) is 0 Å². The highest BCUT2D eigenvalue weighted by molar-refractivity contribution is 6.31. The molecule has 22 heavy (non-hydrogen) atoms. The molecule has 0 spiro atoms. The molecule has 0 fully saturated rings. The van der Waals surface area contributed by atoms with Crippen LogP contribution in [-0.4, -0.2) is 42.1 Å². The van der Waals surface area contributed by atoms with Gasteiger partial charge in [-0.1, -0.05) is 11.6 Å². The zero-order valence-electron chi connectivity index (χ0n) is 12.2. The maximum Gasteiger partial charge on any atom is 0.342 e. The third-order valence-electron chi connectivity index (χ3n) is 2.63. The van der Waals surface area contributed by atoms with E-state index >= 15 is 0 Å². The fourth-order valence-electron chi connectivity index (χ4n) is 1.56. The first kappa shape index (κ1) is 17.8. The van der Waals surface area contributed by atoms with Crippen molar-refractivity contribution in [1.82, 2.24) is 10.6 Å². The van der Waals surface area contributed by atoms with Crippen molar-refractivity contribution < 1.29 is 24.2 Å². The van der Waals surface area contributed by atoms with Crippen LogP contribution >= 0.6 is 11.6 Å². The molecule has 1 aromatic rings. The molecule has 1 aromatic carbocycles. The van der Waals surface area contributed by atoms with E-state index in [-0.39, 0.29) is 22.2 Å². The molecule has 0 aromatic heterocycles. The number of phenolic OH excluding ortho intramolecular Hbond substituents is 1. The number of amides is 2. The first-order chi connectivity index (χ1) is 10.3. The average molecular weight is 329 g/mol. The Hall–Kier alpha value is -2.28. The minimum atomic E-state index is -0.888. The molecule has 8 heteroatoms. The van der Waals surface area contributed by atoms with Crippen molar-refractivity contribution in [1.29, 1.82) is 0 Å². The monoisotopic (exact) mass is 328 g/mol. The Bertz CT molecular complexity index is 576. The topological polar surface area (TPSA) is 105 Å². The van der Waals surface area contributed by atoms with Gasteiger partial charge < -0.3 is 20.5 Å². The van der Waals surface area contributed by atoms with E-state index in [9.17, 15) is 19.5 Å². The third-order valence-corrected chi connectivity index (χ3v) is 2.87. The van der Waals surface area contributed by atoms with Crippen molar-refractivity contribution in [2.45, 2.75) is 19.9 Å². The lowest BCUT2D eigenvalue weighted by Crippen LogP contribution is -2.46. The van der Waals surface area contributed by atoms with E-state index in [1.54, 1.807) is 6.92 Å². The Kier molecular flexibility index (Phi) is 6.65. The first-order valence-corrected chi connectivity index (χ1v) is 6.95. The summed E-state index contributed by atoms with van der Waals surface area (Å²) in [6, 6.07) is 3.14. The molecular weight excluding hydrogens is 312 g/mol. The fraction of sp³-hybridized carbons (Fsp3) is 0.357. The molecular formula is C14H17ClN2O5. The van der Waals surface area contributed by atoms with E-state index in [0.717, 1.165) is 0 Å². The van der Waals surface area contributed by atoms with E-state index in [0.29, 0.717) is 6.54 Å². The second kappa shape index (κ2) is 8.23. The van der Waals surface area contributed by atoms with Gasteiger partial charge in [0.2, 0.25) is 5.91 Å². The lowest BCUT2D eigenvalue weighted by atomic mass is 10.2. The molecule has 7 nitrogen and oxygen atoms in total. The first-order valence-electron chi connectivity index (χ1n) is 6.57. The van der Waals surface area contributed by atoms with Gasteiger partial charge in [-0.3, -0.25) is 9.59 Å². The predicted octanol–water partition coefficient (Wildman–Crippen LogP) is 0.843. The van der Waals surface area contributed by atoms with Gasteiger partial charge >= 0.3 is 5.97 Å². The number of hydrogen-bond donors (Lipinski definition) is 3. The van der Waals surface area contributed by atoms with E-state index in [2.05, 4.69) is 10.6 Å². The van der Waals surface area contributed by atoms with Crippen LogP contribution in [0.4, 0.5) is 0 Å². The number of benzene rings is 1. The van der Waals surface area contributed by atoms with Crippen LogP contribution < -0.4 is 10.6 Å². The molecule has 1 atom stereocenters. The van der Waals surface area contributed by atoms with Crippen molar-refractivity contribution in [2.24, 2.45) is 0 Å². The third kappa shape index (κ3) is 5.25.